The van der Waals surface area contributed by atoms with Gasteiger partial charge in [-0.2, -0.15) is 4.31 Å². The Labute approximate surface area is 226 Å². The molecule has 0 aliphatic carbocycles. The summed E-state index contributed by atoms with van der Waals surface area (Å²) in [5, 5.41) is 3.13. The summed E-state index contributed by atoms with van der Waals surface area (Å²) in [4.78, 5) is 16.7. The van der Waals surface area contributed by atoms with Crippen molar-refractivity contribution in [2.24, 2.45) is 0 Å². The van der Waals surface area contributed by atoms with Gasteiger partial charge in [0.05, 0.1) is 17.5 Å². The molecule has 2 aromatic carbocycles. The molecule has 0 fully saturated rings. The Morgan fingerprint density at radius 3 is 2.61 bits per heavy atom. The molecule has 0 saturated heterocycles. The van der Waals surface area contributed by atoms with Gasteiger partial charge in [0.1, 0.15) is 12.4 Å². The SMILES string of the molecule is CCCN(CC(=O)N1CCc2sccc2[C@H]1COc1ccc(Cl)c(C)c1)S(=O)(=O)c1ccc(Cl)cc1. The first-order chi connectivity index (χ1) is 17.2. The van der Waals surface area contributed by atoms with Gasteiger partial charge in [0.2, 0.25) is 15.9 Å². The number of amides is 1. The molecule has 0 spiro atoms. The van der Waals surface area contributed by atoms with E-state index < -0.39 is 10.0 Å². The molecule has 0 N–H and O–H groups in total. The molecule has 36 heavy (non-hydrogen) atoms. The van der Waals surface area contributed by atoms with Crippen molar-refractivity contribution in [2.45, 2.75) is 37.6 Å². The number of nitrogens with zero attached hydrogens (tertiary/aromatic N) is 2. The number of hydrogen-bond donors (Lipinski definition) is 0. The summed E-state index contributed by atoms with van der Waals surface area (Å²) in [6, 6.07) is 13.2. The molecule has 6 nitrogen and oxygen atoms in total. The normalized spacial score (nSPS) is 15.7. The van der Waals surface area contributed by atoms with Gasteiger partial charge >= 0.3 is 0 Å². The molecule has 3 aromatic rings. The highest BCUT2D eigenvalue weighted by Gasteiger charge is 2.35. The Bertz CT molecular complexity index is 1330. The van der Waals surface area contributed by atoms with Crippen LogP contribution in [0, 0.1) is 6.92 Å². The molecule has 0 bridgehead atoms. The molecule has 1 atom stereocenters. The number of thiophene rings is 1. The molecule has 2 heterocycles. The van der Waals surface area contributed by atoms with E-state index in [1.807, 2.05) is 31.4 Å². The summed E-state index contributed by atoms with van der Waals surface area (Å²) in [7, 11) is -3.86. The van der Waals surface area contributed by atoms with Gasteiger partial charge in [-0.1, -0.05) is 30.1 Å². The zero-order valence-electron chi connectivity index (χ0n) is 20.1. The first kappa shape index (κ1) is 26.9. The van der Waals surface area contributed by atoms with Crippen LogP contribution >= 0.6 is 34.5 Å². The van der Waals surface area contributed by atoms with Crippen molar-refractivity contribution in [3.63, 3.8) is 0 Å². The van der Waals surface area contributed by atoms with E-state index in [-0.39, 0.29) is 36.5 Å². The number of aryl methyl sites for hydroxylation is 1. The van der Waals surface area contributed by atoms with E-state index in [1.54, 1.807) is 28.4 Å². The maximum Gasteiger partial charge on any atom is 0.243 e. The Balaban J connectivity index is 1.56. The van der Waals surface area contributed by atoms with Crippen LogP contribution in [0.4, 0.5) is 0 Å². The minimum absolute atomic E-state index is 0.116. The Morgan fingerprint density at radius 2 is 1.92 bits per heavy atom. The maximum atomic E-state index is 13.6. The van der Waals surface area contributed by atoms with E-state index in [4.69, 9.17) is 27.9 Å². The number of hydrogen-bond acceptors (Lipinski definition) is 5. The highest BCUT2D eigenvalue weighted by molar-refractivity contribution is 7.89. The van der Waals surface area contributed by atoms with Gasteiger partial charge in [-0.15, -0.1) is 11.3 Å². The van der Waals surface area contributed by atoms with Crippen LogP contribution in [0.3, 0.4) is 0 Å². The summed E-state index contributed by atoms with van der Waals surface area (Å²) in [5.74, 6) is 0.420. The fraction of sp³-hybridized carbons (Fsp3) is 0.346. The third-order valence-corrected chi connectivity index (χ3v) is 9.72. The average Bonchev–Trinajstić information content (AvgIpc) is 3.33. The van der Waals surface area contributed by atoms with Gasteiger partial charge in [-0.05, 0) is 84.8 Å². The third-order valence-electron chi connectivity index (χ3n) is 6.19. The molecular formula is C26H28Cl2N2O4S2. The summed E-state index contributed by atoms with van der Waals surface area (Å²) in [5.41, 5.74) is 1.96. The molecule has 0 unspecified atom stereocenters. The van der Waals surface area contributed by atoms with E-state index >= 15 is 0 Å². The first-order valence-electron chi connectivity index (χ1n) is 11.7. The van der Waals surface area contributed by atoms with Crippen LogP contribution in [0.2, 0.25) is 10.0 Å². The van der Waals surface area contributed by atoms with Crippen molar-refractivity contribution in [1.29, 1.82) is 0 Å². The second-order valence-electron chi connectivity index (χ2n) is 8.67. The number of carbonyl (C=O) groups is 1. The summed E-state index contributed by atoms with van der Waals surface area (Å²) >= 11 is 13.7. The summed E-state index contributed by atoms with van der Waals surface area (Å²) in [6.07, 6.45) is 1.31. The number of benzene rings is 2. The van der Waals surface area contributed by atoms with Gasteiger partial charge in [0.15, 0.2) is 0 Å². The fourth-order valence-electron chi connectivity index (χ4n) is 4.29. The average molecular weight is 568 g/mol. The van der Waals surface area contributed by atoms with Crippen molar-refractivity contribution in [2.75, 3.05) is 26.2 Å². The van der Waals surface area contributed by atoms with E-state index in [0.717, 1.165) is 17.5 Å². The lowest BCUT2D eigenvalue weighted by Crippen LogP contribution is -2.48. The minimum Gasteiger partial charge on any atom is -0.491 e. The molecule has 1 aromatic heterocycles. The van der Waals surface area contributed by atoms with Crippen molar-refractivity contribution in [3.05, 3.63) is 80.0 Å². The number of ether oxygens (including phenoxy) is 1. The second-order valence-corrected chi connectivity index (χ2v) is 12.4. The minimum atomic E-state index is -3.86. The van der Waals surface area contributed by atoms with Crippen LogP contribution in [0.15, 0.2) is 58.8 Å². The largest absolute Gasteiger partial charge is 0.491 e. The van der Waals surface area contributed by atoms with Gasteiger partial charge in [-0.25, -0.2) is 8.42 Å². The smallest absolute Gasteiger partial charge is 0.243 e. The monoisotopic (exact) mass is 566 g/mol. The maximum absolute atomic E-state index is 13.6. The van der Waals surface area contributed by atoms with Gasteiger partial charge in [0.25, 0.3) is 0 Å². The standard InChI is InChI=1S/C26H28Cl2N2O4S2/c1-3-12-29(36(32,33)21-7-4-19(27)5-8-21)16-26(31)30-13-10-25-22(11-14-35-25)24(30)17-34-20-6-9-23(28)18(2)15-20/h4-9,11,14-15,24H,3,10,12-13,16-17H2,1-2H3/t24-/m1/s1. The zero-order chi connectivity index (χ0) is 25.9. The molecule has 1 aliphatic rings. The van der Waals surface area contributed by atoms with Crippen LogP contribution in [-0.2, 0) is 21.2 Å². The van der Waals surface area contributed by atoms with E-state index in [0.29, 0.717) is 28.8 Å². The number of carbonyl (C=O) groups excluding carboxylic acids is 1. The first-order valence-corrected chi connectivity index (χ1v) is 14.8. The summed E-state index contributed by atoms with van der Waals surface area (Å²) in [6.45, 7) is 4.55. The Morgan fingerprint density at radius 1 is 1.17 bits per heavy atom. The predicted octanol–water partition coefficient (Wildman–Crippen LogP) is 5.97. The van der Waals surface area contributed by atoms with Gasteiger partial charge in [-0.3, -0.25) is 4.79 Å². The molecule has 1 aliphatic heterocycles. The molecule has 4 rings (SSSR count). The van der Waals surface area contributed by atoms with Crippen LogP contribution in [0.1, 0.15) is 35.4 Å². The Hall–Kier alpha value is -2.10. The molecular weight excluding hydrogens is 539 g/mol. The van der Waals surface area contributed by atoms with Crippen molar-refractivity contribution < 1.29 is 17.9 Å². The van der Waals surface area contributed by atoms with Crippen molar-refractivity contribution >= 4 is 50.5 Å². The summed E-state index contributed by atoms with van der Waals surface area (Å²) < 4.78 is 34.0. The highest BCUT2D eigenvalue weighted by Crippen LogP contribution is 2.34. The van der Waals surface area contributed by atoms with Gasteiger partial charge in [0, 0.05) is 28.0 Å². The lowest BCUT2D eigenvalue weighted by molar-refractivity contribution is -0.135. The van der Waals surface area contributed by atoms with E-state index in [1.165, 1.54) is 33.4 Å². The van der Waals surface area contributed by atoms with Gasteiger partial charge < -0.3 is 9.64 Å². The Kier molecular flexibility index (Phi) is 8.63. The number of halogens is 2. The van der Waals surface area contributed by atoms with Crippen molar-refractivity contribution in [3.8, 4) is 5.75 Å². The zero-order valence-corrected chi connectivity index (χ0v) is 23.3. The lowest BCUT2D eigenvalue weighted by Gasteiger charge is -2.37. The molecule has 0 radical (unpaired) electrons. The highest BCUT2D eigenvalue weighted by atomic mass is 35.5. The number of fused-ring (bicyclic) bond motifs is 1. The molecule has 10 heteroatoms. The predicted molar refractivity (Wildman–Crippen MR) is 145 cm³/mol. The molecule has 1 amide bonds. The van der Waals surface area contributed by atoms with Crippen molar-refractivity contribution in [1.82, 2.24) is 9.21 Å². The lowest BCUT2D eigenvalue weighted by atomic mass is 10.0. The quantitative estimate of drug-likeness (QED) is 0.320. The van der Waals surface area contributed by atoms with Crippen LogP contribution in [0.5, 0.6) is 5.75 Å². The molecule has 192 valence electrons. The number of sulfonamides is 1. The molecule has 0 saturated carbocycles. The van der Waals surface area contributed by atoms with Crippen LogP contribution in [0.25, 0.3) is 0 Å². The van der Waals surface area contributed by atoms with Crippen LogP contribution in [-0.4, -0.2) is 49.8 Å². The number of rotatable bonds is 9. The van der Waals surface area contributed by atoms with E-state index in [2.05, 4.69) is 0 Å². The fourth-order valence-corrected chi connectivity index (χ4v) is 6.94. The second kappa shape index (κ2) is 11.5. The topological polar surface area (TPSA) is 66.9 Å². The third kappa shape index (κ3) is 5.89. The van der Waals surface area contributed by atoms with Crippen LogP contribution < -0.4 is 4.74 Å². The van der Waals surface area contributed by atoms with E-state index in [9.17, 15) is 13.2 Å².